The van der Waals surface area contributed by atoms with E-state index in [1.165, 1.54) is 23.1 Å². The molecule has 1 aliphatic heterocycles. The molecule has 2 amide bonds. The molecule has 0 saturated carbocycles. The highest BCUT2D eigenvalue weighted by Gasteiger charge is 2.39. The summed E-state index contributed by atoms with van der Waals surface area (Å²) in [7, 11) is 1.56. The number of morpholine rings is 1. The Kier molecular flexibility index (Phi) is 5.46. The summed E-state index contributed by atoms with van der Waals surface area (Å²) in [4.78, 5) is 25.5. The molecule has 1 aliphatic rings. The molecule has 1 heterocycles. The first-order valence-electron chi connectivity index (χ1n) is 7.06. The largest absolute Gasteiger partial charge is 0.396 e. The molecule has 7 heteroatoms. The fourth-order valence-electron chi connectivity index (χ4n) is 2.41. The summed E-state index contributed by atoms with van der Waals surface area (Å²) in [6, 6.07) is 5.08. The number of aliphatic hydroxyl groups excluding tert-OH is 1. The Bertz CT molecular complexity index is 552. The van der Waals surface area contributed by atoms with Gasteiger partial charge < -0.3 is 20.1 Å². The number of likely N-dealkylation sites (N-methyl/N-ethyl adjacent to an activating group) is 1. The maximum atomic E-state index is 13.5. The molecule has 120 valence electrons. The monoisotopic (exact) mass is 310 g/mol. The topological polar surface area (TPSA) is 78.9 Å². The van der Waals surface area contributed by atoms with Crippen molar-refractivity contribution in [1.82, 2.24) is 10.2 Å². The van der Waals surface area contributed by atoms with Crippen LogP contribution in [0.15, 0.2) is 24.3 Å². The molecular formula is C15H19FN2O4. The van der Waals surface area contributed by atoms with Crippen molar-refractivity contribution in [3.05, 3.63) is 35.6 Å². The molecule has 1 aromatic carbocycles. The SMILES string of the molecule is CN1C(=O)CO[C@H](C(=O)NCCCO)[C@@H]1c1cccc(F)c1. The van der Waals surface area contributed by atoms with Crippen LogP contribution in [0.2, 0.25) is 0 Å². The maximum absolute atomic E-state index is 13.5. The quantitative estimate of drug-likeness (QED) is 0.763. The molecule has 1 aromatic rings. The zero-order valence-electron chi connectivity index (χ0n) is 12.3. The van der Waals surface area contributed by atoms with Gasteiger partial charge in [-0.3, -0.25) is 9.59 Å². The highest BCUT2D eigenvalue weighted by molar-refractivity contribution is 5.86. The van der Waals surface area contributed by atoms with Gasteiger partial charge in [0.05, 0.1) is 6.04 Å². The predicted molar refractivity (Wildman–Crippen MR) is 76.4 cm³/mol. The Morgan fingerprint density at radius 3 is 3.00 bits per heavy atom. The summed E-state index contributed by atoms with van der Waals surface area (Å²) in [5, 5.41) is 11.4. The van der Waals surface area contributed by atoms with Crippen molar-refractivity contribution in [2.75, 3.05) is 26.8 Å². The van der Waals surface area contributed by atoms with E-state index in [1.807, 2.05) is 0 Å². The molecule has 0 aliphatic carbocycles. The second-order valence-electron chi connectivity index (χ2n) is 5.10. The molecule has 0 unspecified atom stereocenters. The number of halogens is 1. The van der Waals surface area contributed by atoms with Gasteiger partial charge in [0.2, 0.25) is 5.91 Å². The summed E-state index contributed by atoms with van der Waals surface area (Å²) in [5.74, 6) is -1.10. The van der Waals surface area contributed by atoms with Crippen LogP contribution >= 0.6 is 0 Å². The van der Waals surface area contributed by atoms with Gasteiger partial charge in [0.25, 0.3) is 5.91 Å². The Hall–Kier alpha value is -1.99. The van der Waals surface area contributed by atoms with E-state index in [0.717, 1.165) is 0 Å². The van der Waals surface area contributed by atoms with Crippen LogP contribution in [0.3, 0.4) is 0 Å². The van der Waals surface area contributed by atoms with Gasteiger partial charge in [-0.15, -0.1) is 0 Å². The molecule has 0 radical (unpaired) electrons. The fraction of sp³-hybridized carbons (Fsp3) is 0.467. The Morgan fingerprint density at radius 2 is 2.32 bits per heavy atom. The zero-order chi connectivity index (χ0) is 16.1. The average Bonchev–Trinajstić information content (AvgIpc) is 2.50. The molecule has 0 spiro atoms. The van der Waals surface area contributed by atoms with Crippen molar-refractivity contribution in [3.8, 4) is 0 Å². The van der Waals surface area contributed by atoms with Gasteiger partial charge in [0, 0.05) is 20.2 Å². The third-order valence-electron chi connectivity index (χ3n) is 3.57. The number of hydrogen-bond acceptors (Lipinski definition) is 4. The van der Waals surface area contributed by atoms with Gasteiger partial charge in [-0.1, -0.05) is 12.1 Å². The van der Waals surface area contributed by atoms with Gasteiger partial charge >= 0.3 is 0 Å². The van der Waals surface area contributed by atoms with Crippen LogP contribution in [0.4, 0.5) is 4.39 Å². The number of rotatable bonds is 5. The number of carbonyl (C=O) groups is 2. The summed E-state index contributed by atoms with van der Waals surface area (Å²) >= 11 is 0. The summed E-state index contributed by atoms with van der Waals surface area (Å²) < 4.78 is 18.8. The standard InChI is InChI=1S/C15H19FN2O4/c1-18-12(20)9-22-14(15(21)17-6-3-7-19)13(18)10-4-2-5-11(16)8-10/h2,4-5,8,13-14,19H,3,6-7,9H2,1H3,(H,17,21)/t13-,14-/m0/s1. The highest BCUT2D eigenvalue weighted by Crippen LogP contribution is 2.29. The van der Waals surface area contributed by atoms with Gasteiger partial charge in [-0.2, -0.15) is 0 Å². The van der Waals surface area contributed by atoms with E-state index in [4.69, 9.17) is 9.84 Å². The van der Waals surface area contributed by atoms with Crippen molar-refractivity contribution >= 4 is 11.8 Å². The molecule has 6 nitrogen and oxygen atoms in total. The van der Waals surface area contributed by atoms with E-state index in [9.17, 15) is 14.0 Å². The Balaban J connectivity index is 2.22. The van der Waals surface area contributed by atoms with Crippen LogP contribution < -0.4 is 5.32 Å². The van der Waals surface area contributed by atoms with Crippen molar-refractivity contribution in [2.24, 2.45) is 0 Å². The van der Waals surface area contributed by atoms with E-state index in [2.05, 4.69) is 5.32 Å². The second kappa shape index (κ2) is 7.33. The van der Waals surface area contributed by atoms with E-state index in [-0.39, 0.29) is 25.0 Å². The third kappa shape index (κ3) is 3.61. The molecule has 2 N–H and O–H groups in total. The number of hydrogen-bond donors (Lipinski definition) is 2. The molecule has 0 bridgehead atoms. The number of amides is 2. The van der Waals surface area contributed by atoms with Crippen LogP contribution in [0.1, 0.15) is 18.0 Å². The minimum atomic E-state index is -0.914. The van der Waals surface area contributed by atoms with E-state index in [1.54, 1.807) is 13.1 Å². The average molecular weight is 310 g/mol. The summed E-state index contributed by atoms with van der Waals surface area (Å²) in [5.41, 5.74) is 0.498. The lowest BCUT2D eigenvalue weighted by Crippen LogP contribution is -2.53. The number of carbonyl (C=O) groups excluding carboxylic acids is 2. The smallest absolute Gasteiger partial charge is 0.251 e. The number of nitrogens with one attached hydrogen (secondary N) is 1. The molecule has 2 rings (SSSR count). The van der Waals surface area contributed by atoms with E-state index >= 15 is 0 Å². The molecule has 0 aromatic heterocycles. The van der Waals surface area contributed by atoms with Crippen molar-refractivity contribution in [2.45, 2.75) is 18.6 Å². The highest BCUT2D eigenvalue weighted by atomic mass is 19.1. The van der Waals surface area contributed by atoms with Gasteiger partial charge in [0.1, 0.15) is 12.4 Å². The van der Waals surface area contributed by atoms with Crippen LogP contribution in [-0.4, -0.2) is 54.7 Å². The maximum Gasteiger partial charge on any atom is 0.251 e. The van der Waals surface area contributed by atoms with E-state index < -0.39 is 18.0 Å². The molecule has 22 heavy (non-hydrogen) atoms. The van der Waals surface area contributed by atoms with E-state index in [0.29, 0.717) is 18.5 Å². The fourth-order valence-corrected chi connectivity index (χ4v) is 2.41. The third-order valence-corrected chi connectivity index (χ3v) is 3.57. The molecule has 1 saturated heterocycles. The lowest BCUT2D eigenvalue weighted by molar-refractivity contribution is -0.162. The zero-order valence-corrected chi connectivity index (χ0v) is 12.3. The first-order chi connectivity index (χ1) is 10.5. The first kappa shape index (κ1) is 16.4. The Morgan fingerprint density at radius 1 is 1.55 bits per heavy atom. The summed E-state index contributed by atoms with van der Waals surface area (Å²) in [6.45, 7) is 0.0840. The number of benzene rings is 1. The Labute approximate surface area is 127 Å². The van der Waals surface area contributed by atoms with Gasteiger partial charge in [-0.25, -0.2) is 4.39 Å². The van der Waals surface area contributed by atoms with Gasteiger partial charge in [-0.05, 0) is 24.1 Å². The predicted octanol–water partition coefficient (Wildman–Crippen LogP) is 0.223. The minimum absolute atomic E-state index is 0.0302. The number of nitrogens with zero attached hydrogens (tertiary/aromatic N) is 1. The van der Waals surface area contributed by atoms with Crippen molar-refractivity contribution in [1.29, 1.82) is 0 Å². The van der Waals surface area contributed by atoms with Crippen molar-refractivity contribution in [3.63, 3.8) is 0 Å². The number of ether oxygens (including phenoxy) is 1. The van der Waals surface area contributed by atoms with Crippen LogP contribution in [-0.2, 0) is 14.3 Å². The van der Waals surface area contributed by atoms with Crippen LogP contribution in [0.25, 0.3) is 0 Å². The molecule has 2 atom stereocenters. The first-order valence-corrected chi connectivity index (χ1v) is 7.06. The lowest BCUT2D eigenvalue weighted by atomic mass is 9.97. The van der Waals surface area contributed by atoms with Crippen LogP contribution in [0, 0.1) is 5.82 Å². The molecule has 1 fully saturated rings. The second-order valence-corrected chi connectivity index (χ2v) is 5.10. The minimum Gasteiger partial charge on any atom is -0.396 e. The number of aliphatic hydroxyl groups is 1. The normalized spacial score (nSPS) is 21.8. The lowest BCUT2D eigenvalue weighted by Gasteiger charge is -2.38. The summed E-state index contributed by atoms with van der Waals surface area (Å²) in [6.07, 6.45) is -0.485. The van der Waals surface area contributed by atoms with Gasteiger partial charge in [0.15, 0.2) is 6.10 Å². The molecular weight excluding hydrogens is 291 g/mol. The van der Waals surface area contributed by atoms with Crippen molar-refractivity contribution < 1.29 is 23.8 Å². The van der Waals surface area contributed by atoms with Crippen LogP contribution in [0.5, 0.6) is 0 Å².